The van der Waals surface area contributed by atoms with Crippen molar-refractivity contribution < 1.29 is 4.74 Å². The summed E-state index contributed by atoms with van der Waals surface area (Å²) >= 11 is 0. The van der Waals surface area contributed by atoms with E-state index in [1.165, 1.54) is 24.8 Å². The van der Waals surface area contributed by atoms with Crippen molar-refractivity contribution in [1.29, 1.82) is 0 Å². The van der Waals surface area contributed by atoms with Crippen LogP contribution in [-0.2, 0) is 0 Å². The average Bonchev–Trinajstić information content (AvgIpc) is 3.20. The lowest BCUT2D eigenvalue weighted by Gasteiger charge is -2.27. The van der Waals surface area contributed by atoms with Gasteiger partial charge in [-0.25, -0.2) is 0 Å². The molecular formula is C16H23NO. The van der Waals surface area contributed by atoms with Gasteiger partial charge in [-0.1, -0.05) is 31.0 Å². The Labute approximate surface area is 110 Å². The van der Waals surface area contributed by atoms with Gasteiger partial charge in [-0.2, -0.15) is 0 Å². The molecular weight excluding hydrogens is 222 g/mol. The molecule has 0 saturated heterocycles. The zero-order valence-electron chi connectivity index (χ0n) is 11.2. The summed E-state index contributed by atoms with van der Waals surface area (Å²) in [5, 5.41) is 3.71. The number of para-hydroxylation sites is 1. The molecule has 1 saturated carbocycles. The van der Waals surface area contributed by atoms with Gasteiger partial charge in [-0.15, -0.1) is 0 Å². The number of fused-ring (bicyclic) bond motifs is 1. The third-order valence-corrected chi connectivity index (χ3v) is 4.18. The van der Waals surface area contributed by atoms with Gasteiger partial charge in [0.1, 0.15) is 5.75 Å². The van der Waals surface area contributed by atoms with Crippen LogP contribution in [0, 0.1) is 5.92 Å². The monoisotopic (exact) mass is 245 g/mol. The van der Waals surface area contributed by atoms with Crippen molar-refractivity contribution in [2.75, 3.05) is 13.2 Å². The number of ether oxygens (including phenoxy) is 1. The summed E-state index contributed by atoms with van der Waals surface area (Å²) in [4.78, 5) is 0. The van der Waals surface area contributed by atoms with E-state index < -0.39 is 0 Å². The fourth-order valence-electron chi connectivity index (χ4n) is 2.91. The molecule has 2 aliphatic rings. The van der Waals surface area contributed by atoms with Crippen molar-refractivity contribution in [2.24, 2.45) is 5.92 Å². The Morgan fingerprint density at radius 3 is 2.94 bits per heavy atom. The topological polar surface area (TPSA) is 21.3 Å². The summed E-state index contributed by atoms with van der Waals surface area (Å²) < 4.78 is 5.71. The van der Waals surface area contributed by atoms with E-state index >= 15 is 0 Å². The molecule has 1 N–H and O–H groups in total. The second kappa shape index (κ2) is 5.31. The lowest BCUT2D eigenvalue weighted by atomic mass is 9.93. The highest BCUT2D eigenvalue weighted by molar-refractivity contribution is 5.37. The molecule has 1 aromatic rings. The highest BCUT2D eigenvalue weighted by atomic mass is 16.5. The number of benzene rings is 1. The van der Waals surface area contributed by atoms with Gasteiger partial charge in [-0.3, -0.25) is 0 Å². The maximum Gasteiger partial charge on any atom is 0.122 e. The molecule has 1 aliphatic carbocycles. The number of nitrogens with one attached hydrogen (secondary N) is 1. The fraction of sp³-hybridized carbons (Fsp3) is 0.625. The summed E-state index contributed by atoms with van der Waals surface area (Å²) in [6, 6.07) is 9.15. The molecule has 0 aromatic heterocycles. The maximum absolute atomic E-state index is 5.71. The standard InChI is InChI=1S/C16H23NO/c1-12(10-13-6-7-13)17-11-14-8-9-18-16-5-3-2-4-15(14)16/h2-5,12-14,17H,6-11H2,1H3. The number of hydrogen-bond acceptors (Lipinski definition) is 2. The zero-order valence-corrected chi connectivity index (χ0v) is 11.2. The Hall–Kier alpha value is -1.02. The van der Waals surface area contributed by atoms with E-state index in [0.29, 0.717) is 12.0 Å². The maximum atomic E-state index is 5.71. The van der Waals surface area contributed by atoms with E-state index in [1.807, 2.05) is 0 Å². The van der Waals surface area contributed by atoms with Gasteiger partial charge in [0.25, 0.3) is 0 Å². The second-order valence-corrected chi connectivity index (χ2v) is 5.86. The van der Waals surface area contributed by atoms with Gasteiger partial charge in [0.05, 0.1) is 6.61 Å². The molecule has 98 valence electrons. The van der Waals surface area contributed by atoms with Crippen molar-refractivity contribution in [3.8, 4) is 5.75 Å². The highest BCUT2D eigenvalue weighted by Crippen LogP contribution is 2.35. The first-order valence-electron chi connectivity index (χ1n) is 7.28. The van der Waals surface area contributed by atoms with Crippen molar-refractivity contribution in [2.45, 2.75) is 44.6 Å². The molecule has 1 fully saturated rings. The molecule has 18 heavy (non-hydrogen) atoms. The Morgan fingerprint density at radius 1 is 1.28 bits per heavy atom. The fourth-order valence-corrected chi connectivity index (χ4v) is 2.91. The zero-order chi connectivity index (χ0) is 12.4. The first-order valence-corrected chi connectivity index (χ1v) is 7.28. The minimum absolute atomic E-state index is 0.622. The van der Waals surface area contributed by atoms with Crippen molar-refractivity contribution in [3.63, 3.8) is 0 Å². The third-order valence-electron chi connectivity index (χ3n) is 4.18. The molecule has 2 heteroatoms. The Bertz CT molecular complexity index is 400. The predicted molar refractivity (Wildman–Crippen MR) is 74.1 cm³/mol. The normalized spacial score (nSPS) is 24.2. The Balaban J connectivity index is 1.56. The average molecular weight is 245 g/mol. The lowest BCUT2D eigenvalue weighted by molar-refractivity contribution is 0.262. The van der Waals surface area contributed by atoms with Crippen LogP contribution < -0.4 is 10.1 Å². The van der Waals surface area contributed by atoms with Crippen LogP contribution in [0.2, 0.25) is 0 Å². The van der Waals surface area contributed by atoms with Crippen LogP contribution in [0.1, 0.15) is 44.1 Å². The van der Waals surface area contributed by atoms with E-state index in [2.05, 4.69) is 36.5 Å². The molecule has 1 aromatic carbocycles. The quantitative estimate of drug-likeness (QED) is 0.859. The molecule has 1 aliphatic heterocycles. The van der Waals surface area contributed by atoms with Crippen LogP contribution >= 0.6 is 0 Å². The Morgan fingerprint density at radius 2 is 2.11 bits per heavy atom. The van der Waals surface area contributed by atoms with E-state index in [0.717, 1.165) is 31.2 Å². The van der Waals surface area contributed by atoms with Gasteiger partial charge in [0.2, 0.25) is 0 Å². The van der Waals surface area contributed by atoms with Gasteiger partial charge in [0, 0.05) is 18.5 Å². The van der Waals surface area contributed by atoms with Gasteiger partial charge in [0.15, 0.2) is 0 Å². The first-order chi connectivity index (χ1) is 8.83. The van der Waals surface area contributed by atoms with Crippen LogP contribution in [-0.4, -0.2) is 19.2 Å². The van der Waals surface area contributed by atoms with Crippen molar-refractivity contribution in [3.05, 3.63) is 29.8 Å². The smallest absolute Gasteiger partial charge is 0.122 e. The summed E-state index contributed by atoms with van der Waals surface area (Å²) in [7, 11) is 0. The molecule has 3 rings (SSSR count). The van der Waals surface area contributed by atoms with Crippen LogP contribution in [0.4, 0.5) is 0 Å². The lowest BCUT2D eigenvalue weighted by Crippen LogP contribution is -2.32. The van der Waals surface area contributed by atoms with Crippen molar-refractivity contribution >= 4 is 0 Å². The summed E-state index contributed by atoms with van der Waals surface area (Å²) in [5.74, 6) is 2.72. The largest absolute Gasteiger partial charge is 0.493 e. The molecule has 0 amide bonds. The first kappa shape index (κ1) is 12.0. The molecule has 0 radical (unpaired) electrons. The molecule has 0 bridgehead atoms. The SMILES string of the molecule is CC(CC1CC1)NCC1CCOc2ccccc21. The van der Waals surface area contributed by atoms with Crippen LogP contribution in [0.25, 0.3) is 0 Å². The van der Waals surface area contributed by atoms with Gasteiger partial charge in [-0.05, 0) is 37.3 Å². The van der Waals surface area contributed by atoms with Crippen LogP contribution in [0.15, 0.2) is 24.3 Å². The van der Waals surface area contributed by atoms with E-state index in [1.54, 1.807) is 0 Å². The predicted octanol–water partition coefficient (Wildman–Crippen LogP) is 3.33. The van der Waals surface area contributed by atoms with E-state index in [-0.39, 0.29) is 0 Å². The molecule has 0 spiro atoms. The summed E-state index contributed by atoms with van der Waals surface area (Å²) in [5.41, 5.74) is 1.38. The van der Waals surface area contributed by atoms with Gasteiger partial charge >= 0.3 is 0 Å². The van der Waals surface area contributed by atoms with E-state index in [4.69, 9.17) is 4.74 Å². The molecule has 2 nitrogen and oxygen atoms in total. The minimum atomic E-state index is 0.622. The highest BCUT2D eigenvalue weighted by Gasteiger charge is 2.25. The molecule has 2 atom stereocenters. The van der Waals surface area contributed by atoms with Gasteiger partial charge < -0.3 is 10.1 Å². The Kier molecular flexibility index (Phi) is 3.55. The number of hydrogen-bond donors (Lipinski definition) is 1. The van der Waals surface area contributed by atoms with Crippen LogP contribution in [0.3, 0.4) is 0 Å². The van der Waals surface area contributed by atoms with E-state index in [9.17, 15) is 0 Å². The second-order valence-electron chi connectivity index (χ2n) is 5.86. The summed E-state index contributed by atoms with van der Waals surface area (Å²) in [6.45, 7) is 4.28. The summed E-state index contributed by atoms with van der Waals surface area (Å²) in [6.07, 6.45) is 5.39. The number of rotatable bonds is 5. The minimum Gasteiger partial charge on any atom is -0.493 e. The van der Waals surface area contributed by atoms with Crippen LogP contribution in [0.5, 0.6) is 5.75 Å². The molecule has 2 unspecified atom stereocenters. The molecule has 1 heterocycles. The third kappa shape index (κ3) is 2.86. The van der Waals surface area contributed by atoms with Crippen molar-refractivity contribution in [1.82, 2.24) is 5.32 Å².